The molecule has 0 spiro atoms. The van der Waals surface area contributed by atoms with Gasteiger partial charge in [-0.05, 0) is 62.4 Å². The summed E-state index contributed by atoms with van der Waals surface area (Å²) < 4.78 is 51.5. The molecule has 1 saturated carbocycles. The van der Waals surface area contributed by atoms with Crippen LogP contribution in [0, 0.1) is 17.7 Å². The second kappa shape index (κ2) is 6.53. The Labute approximate surface area is 126 Å². The van der Waals surface area contributed by atoms with E-state index in [0.29, 0.717) is 23.4 Å². The maximum atomic E-state index is 13.4. The van der Waals surface area contributed by atoms with E-state index in [1.807, 2.05) is 0 Å². The van der Waals surface area contributed by atoms with Gasteiger partial charge in [0.15, 0.2) is 0 Å². The van der Waals surface area contributed by atoms with E-state index >= 15 is 0 Å². The fourth-order valence-electron chi connectivity index (χ4n) is 3.18. The van der Waals surface area contributed by atoms with E-state index in [1.54, 1.807) is 7.05 Å². The summed E-state index contributed by atoms with van der Waals surface area (Å²) in [4.78, 5) is 0. The Morgan fingerprint density at radius 2 is 1.81 bits per heavy atom. The lowest BCUT2D eigenvalue weighted by Crippen LogP contribution is -2.33. The van der Waals surface area contributed by atoms with Crippen molar-refractivity contribution in [2.24, 2.45) is 11.8 Å². The molecule has 1 aliphatic rings. The minimum Gasteiger partial charge on any atom is -0.313 e. The normalized spacial score (nSPS) is 24.9. The summed E-state index contributed by atoms with van der Waals surface area (Å²) in [5.41, 5.74) is 0.620. The number of nitrogens with one attached hydrogen (secondary N) is 1. The lowest BCUT2D eigenvalue weighted by atomic mass is 9.76. The van der Waals surface area contributed by atoms with E-state index in [0.717, 1.165) is 0 Å². The summed E-state index contributed by atoms with van der Waals surface area (Å²) in [6, 6.07) is 3.90. The Balaban J connectivity index is 2.11. The Kier molecular flexibility index (Phi) is 5.15. The van der Waals surface area contributed by atoms with E-state index in [2.05, 4.69) is 5.32 Å². The van der Waals surface area contributed by atoms with Gasteiger partial charge >= 0.3 is 6.18 Å². The SMILES string of the molecule is CNC(c1cc(F)ccc1Cl)C1CCC(C(F)(F)F)CC1. The van der Waals surface area contributed by atoms with Crippen LogP contribution in [-0.4, -0.2) is 13.2 Å². The molecule has 0 heterocycles. The minimum atomic E-state index is -4.11. The summed E-state index contributed by atoms with van der Waals surface area (Å²) in [5, 5.41) is 3.52. The van der Waals surface area contributed by atoms with Gasteiger partial charge in [-0.25, -0.2) is 4.39 Å². The highest BCUT2D eigenvalue weighted by molar-refractivity contribution is 6.31. The third kappa shape index (κ3) is 3.89. The Morgan fingerprint density at radius 1 is 1.19 bits per heavy atom. The van der Waals surface area contributed by atoms with Crippen LogP contribution >= 0.6 is 11.6 Å². The van der Waals surface area contributed by atoms with Gasteiger partial charge in [-0.3, -0.25) is 0 Å². The molecule has 0 saturated heterocycles. The molecule has 1 aromatic rings. The topological polar surface area (TPSA) is 12.0 Å². The lowest BCUT2D eigenvalue weighted by Gasteiger charge is -2.35. The van der Waals surface area contributed by atoms with E-state index in [4.69, 9.17) is 11.6 Å². The van der Waals surface area contributed by atoms with Crippen LogP contribution in [0.25, 0.3) is 0 Å². The maximum absolute atomic E-state index is 13.4. The molecule has 0 bridgehead atoms. The van der Waals surface area contributed by atoms with Gasteiger partial charge in [-0.15, -0.1) is 0 Å². The molecule has 1 aliphatic carbocycles. The molecule has 1 atom stereocenters. The fourth-order valence-corrected chi connectivity index (χ4v) is 3.41. The molecule has 0 aliphatic heterocycles. The smallest absolute Gasteiger partial charge is 0.313 e. The molecule has 118 valence electrons. The van der Waals surface area contributed by atoms with Crippen LogP contribution in [-0.2, 0) is 0 Å². The number of benzene rings is 1. The predicted octanol–water partition coefficient (Wildman–Crippen LogP) is 5.11. The average Bonchev–Trinajstić information content (AvgIpc) is 2.43. The van der Waals surface area contributed by atoms with Crippen LogP contribution in [0.1, 0.15) is 37.3 Å². The van der Waals surface area contributed by atoms with Gasteiger partial charge in [-0.1, -0.05) is 11.6 Å². The number of rotatable bonds is 3. The Morgan fingerprint density at radius 3 is 2.33 bits per heavy atom. The summed E-state index contributed by atoms with van der Waals surface area (Å²) in [6.07, 6.45) is -2.94. The molecule has 0 radical (unpaired) electrons. The van der Waals surface area contributed by atoms with Crippen LogP contribution in [0.15, 0.2) is 18.2 Å². The second-order valence-corrected chi connectivity index (χ2v) is 5.99. The number of alkyl halides is 3. The van der Waals surface area contributed by atoms with Crippen molar-refractivity contribution >= 4 is 11.6 Å². The zero-order valence-electron chi connectivity index (χ0n) is 11.7. The molecular weight excluding hydrogens is 306 g/mol. The number of halogens is 5. The van der Waals surface area contributed by atoms with Gasteiger partial charge in [0.05, 0.1) is 5.92 Å². The maximum Gasteiger partial charge on any atom is 0.391 e. The van der Waals surface area contributed by atoms with Crippen molar-refractivity contribution in [3.05, 3.63) is 34.6 Å². The molecule has 1 aromatic carbocycles. The van der Waals surface area contributed by atoms with Gasteiger partial charge in [0.25, 0.3) is 0 Å². The first-order valence-electron chi connectivity index (χ1n) is 7.02. The minimum absolute atomic E-state index is 0.0351. The van der Waals surface area contributed by atoms with Crippen molar-refractivity contribution < 1.29 is 17.6 Å². The van der Waals surface area contributed by atoms with Crippen molar-refractivity contribution in [3.63, 3.8) is 0 Å². The first kappa shape index (κ1) is 16.6. The first-order valence-corrected chi connectivity index (χ1v) is 7.39. The lowest BCUT2D eigenvalue weighted by molar-refractivity contribution is -0.184. The van der Waals surface area contributed by atoms with E-state index in [1.165, 1.54) is 18.2 Å². The van der Waals surface area contributed by atoms with Crippen molar-refractivity contribution in [2.45, 2.75) is 37.9 Å². The van der Waals surface area contributed by atoms with Crippen LogP contribution in [0.3, 0.4) is 0 Å². The zero-order valence-corrected chi connectivity index (χ0v) is 12.4. The summed E-state index contributed by atoms with van der Waals surface area (Å²) in [6.45, 7) is 0. The third-order valence-electron chi connectivity index (χ3n) is 4.31. The van der Waals surface area contributed by atoms with E-state index in [-0.39, 0.29) is 24.8 Å². The molecule has 6 heteroatoms. The molecule has 1 nitrogen and oxygen atoms in total. The van der Waals surface area contributed by atoms with Crippen LogP contribution in [0.4, 0.5) is 17.6 Å². The summed E-state index contributed by atoms with van der Waals surface area (Å²) in [7, 11) is 1.72. The molecule has 1 unspecified atom stereocenters. The largest absolute Gasteiger partial charge is 0.391 e. The first-order chi connectivity index (χ1) is 9.82. The number of hydrogen-bond donors (Lipinski definition) is 1. The molecule has 1 N–H and O–H groups in total. The van der Waals surface area contributed by atoms with Gasteiger partial charge in [0, 0.05) is 11.1 Å². The van der Waals surface area contributed by atoms with Crippen molar-refractivity contribution in [1.82, 2.24) is 5.32 Å². The van der Waals surface area contributed by atoms with Crippen LogP contribution in [0.5, 0.6) is 0 Å². The van der Waals surface area contributed by atoms with Crippen molar-refractivity contribution in [3.8, 4) is 0 Å². The summed E-state index contributed by atoms with van der Waals surface area (Å²) in [5.74, 6) is -1.57. The second-order valence-electron chi connectivity index (χ2n) is 5.59. The third-order valence-corrected chi connectivity index (χ3v) is 4.65. The van der Waals surface area contributed by atoms with Crippen molar-refractivity contribution in [2.75, 3.05) is 7.05 Å². The van der Waals surface area contributed by atoms with E-state index < -0.39 is 17.9 Å². The summed E-state index contributed by atoms with van der Waals surface area (Å²) >= 11 is 6.10. The van der Waals surface area contributed by atoms with Gasteiger partial charge in [-0.2, -0.15) is 13.2 Å². The van der Waals surface area contributed by atoms with E-state index in [9.17, 15) is 17.6 Å². The highest BCUT2D eigenvalue weighted by Crippen LogP contribution is 2.44. The number of hydrogen-bond acceptors (Lipinski definition) is 1. The highest BCUT2D eigenvalue weighted by atomic mass is 35.5. The molecule has 21 heavy (non-hydrogen) atoms. The molecule has 2 rings (SSSR count). The zero-order chi connectivity index (χ0) is 15.6. The quantitative estimate of drug-likeness (QED) is 0.762. The van der Waals surface area contributed by atoms with Crippen molar-refractivity contribution in [1.29, 1.82) is 0 Å². The van der Waals surface area contributed by atoms with Crippen LogP contribution < -0.4 is 5.32 Å². The van der Waals surface area contributed by atoms with Gasteiger partial charge in [0.2, 0.25) is 0 Å². The van der Waals surface area contributed by atoms with Gasteiger partial charge in [0.1, 0.15) is 5.82 Å². The average molecular weight is 324 g/mol. The molecular formula is C15H18ClF4N. The highest BCUT2D eigenvalue weighted by Gasteiger charge is 2.42. The molecule has 0 aromatic heterocycles. The molecule has 0 amide bonds. The van der Waals surface area contributed by atoms with Gasteiger partial charge < -0.3 is 5.32 Å². The predicted molar refractivity (Wildman–Crippen MR) is 74.7 cm³/mol. The standard InChI is InChI=1S/C15H18ClF4N/c1-21-14(12-8-11(17)6-7-13(12)16)9-2-4-10(5-3-9)15(18,19)20/h6-10,14,21H,2-5H2,1H3. The fraction of sp³-hybridized carbons (Fsp3) is 0.600. The Bertz CT molecular complexity index is 481. The Hall–Kier alpha value is -0.810. The van der Waals surface area contributed by atoms with Crippen LogP contribution in [0.2, 0.25) is 5.02 Å². The molecule has 1 fully saturated rings. The monoisotopic (exact) mass is 323 g/mol.